The van der Waals surface area contributed by atoms with Crippen molar-refractivity contribution in [3.8, 4) is 11.5 Å². The van der Waals surface area contributed by atoms with Gasteiger partial charge >= 0.3 is 5.97 Å². The molecule has 2 N–H and O–H groups in total. The minimum Gasteiger partial charge on any atom is -0.468 e. The molecule has 0 bridgehead atoms. The summed E-state index contributed by atoms with van der Waals surface area (Å²) in [6.45, 7) is -0.194. The summed E-state index contributed by atoms with van der Waals surface area (Å²) in [5.41, 5.74) is 1.72. The third-order valence-electron chi connectivity index (χ3n) is 4.49. The number of nitrogens with zero attached hydrogens (tertiary/aromatic N) is 1. The second-order valence-electron chi connectivity index (χ2n) is 7.03. The molecule has 0 saturated carbocycles. The van der Waals surface area contributed by atoms with Gasteiger partial charge in [0, 0.05) is 18.0 Å². The molecule has 0 atom stereocenters. The van der Waals surface area contributed by atoms with Crippen molar-refractivity contribution in [3.05, 3.63) is 90.0 Å². The predicted molar refractivity (Wildman–Crippen MR) is 124 cm³/mol. The summed E-state index contributed by atoms with van der Waals surface area (Å²) in [5.74, 6) is -1.37. The van der Waals surface area contributed by atoms with Crippen molar-refractivity contribution >= 4 is 29.5 Å². The number of ether oxygens (including phenoxy) is 2. The van der Waals surface area contributed by atoms with Gasteiger partial charge in [0.25, 0.3) is 0 Å². The number of methoxy groups -OCH3 is 1. The number of anilines is 1. The topological polar surface area (TPSA) is 107 Å². The molecule has 0 unspecified atom stereocenters. The Kier molecular flexibility index (Phi) is 8.45. The highest BCUT2D eigenvalue weighted by atomic mass is 19.1. The number of carbonyl (C=O) groups excluding carboxylic acids is 3. The average Bonchev–Trinajstić information content (AvgIpc) is 2.84. The highest BCUT2D eigenvalue weighted by molar-refractivity contribution is 6.02. The molecule has 0 aliphatic heterocycles. The van der Waals surface area contributed by atoms with Gasteiger partial charge in [0.15, 0.2) is 11.6 Å². The van der Waals surface area contributed by atoms with Gasteiger partial charge in [0.2, 0.25) is 11.8 Å². The lowest BCUT2D eigenvalue weighted by Gasteiger charge is -2.07. The monoisotopic (exact) mass is 463 g/mol. The number of benzene rings is 2. The van der Waals surface area contributed by atoms with Crippen molar-refractivity contribution in [1.82, 2.24) is 10.3 Å². The predicted octanol–water partition coefficient (Wildman–Crippen LogP) is 3.50. The molecule has 3 aromatic rings. The van der Waals surface area contributed by atoms with Gasteiger partial charge in [-0.2, -0.15) is 0 Å². The van der Waals surface area contributed by atoms with Crippen molar-refractivity contribution in [2.75, 3.05) is 19.0 Å². The number of halogens is 1. The van der Waals surface area contributed by atoms with E-state index in [0.717, 1.165) is 0 Å². The van der Waals surface area contributed by atoms with Crippen LogP contribution in [-0.2, 0) is 25.5 Å². The molecular formula is C25H22FN3O5. The van der Waals surface area contributed by atoms with Gasteiger partial charge in [-0.25, -0.2) is 4.39 Å². The van der Waals surface area contributed by atoms with E-state index in [9.17, 15) is 18.8 Å². The fraction of sp³-hybridized carbons (Fsp3) is 0.120. The first kappa shape index (κ1) is 24.1. The average molecular weight is 463 g/mol. The number of hydrogen-bond acceptors (Lipinski definition) is 6. The van der Waals surface area contributed by atoms with Gasteiger partial charge in [0.05, 0.1) is 19.7 Å². The highest BCUT2D eigenvalue weighted by Gasteiger charge is 2.08. The number of rotatable bonds is 9. The smallest absolute Gasteiger partial charge is 0.325 e. The van der Waals surface area contributed by atoms with Gasteiger partial charge in [-0.1, -0.05) is 18.2 Å². The van der Waals surface area contributed by atoms with Crippen molar-refractivity contribution in [2.24, 2.45) is 0 Å². The number of hydrogen-bond donors (Lipinski definition) is 2. The fourth-order valence-corrected chi connectivity index (χ4v) is 2.79. The van der Waals surface area contributed by atoms with Crippen LogP contribution in [-0.4, -0.2) is 36.4 Å². The van der Waals surface area contributed by atoms with E-state index in [1.165, 1.54) is 37.6 Å². The van der Waals surface area contributed by atoms with E-state index in [4.69, 9.17) is 4.74 Å². The Hall–Kier alpha value is -4.53. The molecule has 1 aromatic heterocycles. The minimum absolute atomic E-state index is 0.0497. The van der Waals surface area contributed by atoms with E-state index in [2.05, 4.69) is 20.4 Å². The van der Waals surface area contributed by atoms with Crippen molar-refractivity contribution < 1.29 is 28.2 Å². The molecule has 1 heterocycles. The Balaban J connectivity index is 1.51. The normalized spacial score (nSPS) is 10.5. The minimum atomic E-state index is -0.572. The van der Waals surface area contributed by atoms with Gasteiger partial charge in [-0.05, 0) is 53.6 Å². The summed E-state index contributed by atoms with van der Waals surface area (Å²) in [6, 6.07) is 14.4. The Morgan fingerprint density at radius 3 is 2.56 bits per heavy atom. The summed E-state index contributed by atoms with van der Waals surface area (Å²) >= 11 is 0. The molecule has 3 rings (SSSR count). The van der Waals surface area contributed by atoms with Gasteiger partial charge in [-0.3, -0.25) is 19.4 Å². The molecule has 2 amide bonds. The van der Waals surface area contributed by atoms with Crippen LogP contribution in [0.3, 0.4) is 0 Å². The maximum atomic E-state index is 14.3. The first-order chi connectivity index (χ1) is 16.4. The molecule has 0 aliphatic carbocycles. The van der Waals surface area contributed by atoms with Crippen LogP contribution in [0.4, 0.5) is 10.1 Å². The Morgan fingerprint density at radius 2 is 1.88 bits per heavy atom. The second kappa shape index (κ2) is 11.9. The number of pyridine rings is 1. The molecule has 34 heavy (non-hydrogen) atoms. The zero-order chi connectivity index (χ0) is 24.3. The lowest BCUT2D eigenvalue weighted by molar-refractivity contribution is -0.141. The van der Waals surface area contributed by atoms with E-state index in [1.54, 1.807) is 48.7 Å². The Bertz CT molecular complexity index is 1180. The quantitative estimate of drug-likeness (QED) is 0.372. The fourth-order valence-electron chi connectivity index (χ4n) is 2.79. The van der Waals surface area contributed by atoms with Crippen LogP contribution in [0.15, 0.2) is 73.1 Å². The molecule has 8 nitrogen and oxygen atoms in total. The molecule has 0 aliphatic rings. The van der Waals surface area contributed by atoms with Crippen LogP contribution < -0.4 is 15.4 Å². The molecule has 9 heteroatoms. The number of amides is 2. The number of aromatic nitrogens is 1. The van der Waals surface area contributed by atoms with Crippen LogP contribution in [0.5, 0.6) is 11.5 Å². The standard InChI is InChI=1S/C25H22FN3O5/c1-33-25(32)16-28-24(31)14-18-4-8-19(9-5-18)29-23(30)11-7-17-6-10-22(21(26)13-17)34-20-3-2-12-27-15-20/h2-13,15H,14,16H2,1H3,(H,28,31)(H,29,30)/b11-7+. The van der Waals surface area contributed by atoms with E-state index in [-0.39, 0.29) is 24.6 Å². The van der Waals surface area contributed by atoms with E-state index in [1.807, 2.05) is 0 Å². The molecule has 2 aromatic carbocycles. The molecule has 0 fully saturated rings. The van der Waals surface area contributed by atoms with Crippen LogP contribution >= 0.6 is 0 Å². The summed E-state index contributed by atoms with van der Waals surface area (Å²) in [7, 11) is 1.24. The van der Waals surface area contributed by atoms with Crippen molar-refractivity contribution in [3.63, 3.8) is 0 Å². The molecule has 0 radical (unpaired) electrons. The maximum absolute atomic E-state index is 14.3. The lowest BCUT2D eigenvalue weighted by atomic mass is 10.1. The molecular weight excluding hydrogens is 441 g/mol. The maximum Gasteiger partial charge on any atom is 0.325 e. The number of esters is 1. The Morgan fingerprint density at radius 1 is 1.09 bits per heavy atom. The molecule has 0 spiro atoms. The van der Waals surface area contributed by atoms with Crippen LogP contribution in [0, 0.1) is 5.82 Å². The first-order valence-corrected chi connectivity index (χ1v) is 10.2. The number of carbonyl (C=O) groups is 3. The molecule has 0 saturated heterocycles. The number of nitrogens with one attached hydrogen (secondary N) is 2. The zero-order valence-corrected chi connectivity index (χ0v) is 18.3. The third-order valence-corrected chi connectivity index (χ3v) is 4.49. The van der Waals surface area contributed by atoms with Crippen molar-refractivity contribution in [1.29, 1.82) is 0 Å². The van der Waals surface area contributed by atoms with Gasteiger partial charge < -0.3 is 20.1 Å². The first-order valence-electron chi connectivity index (χ1n) is 10.2. The SMILES string of the molecule is COC(=O)CNC(=O)Cc1ccc(NC(=O)/C=C/c2ccc(Oc3cccnc3)c(F)c2)cc1. The summed E-state index contributed by atoms with van der Waals surface area (Å²) in [6.07, 6.45) is 5.91. The van der Waals surface area contributed by atoms with Crippen molar-refractivity contribution in [2.45, 2.75) is 6.42 Å². The van der Waals surface area contributed by atoms with Crippen LogP contribution in [0.2, 0.25) is 0 Å². The van der Waals surface area contributed by atoms with E-state index < -0.39 is 17.7 Å². The molecule has 174 valence electrons. The van der Waals surface area contributed by atoms with Crippen LogP contribution in [0.1, 0.15) is 11.1 Å². The van der Waals surface area contributed by atoms with Gasteiger partial charge in [-0.15, -0.1) is 0 Å². The van der Waals surface area contributed by atoms with Crippen LogP contribution in [0.25, 0.3) is 6.08 Å². The summed E-state index contributed by atoms with van der Waals surface area (Å²) in [4.78, 5) is 39.0. The second-order valence-corrected chi connectivity index (χ2v) is 7.03. The van der Waals surface area contributed by atoms with E-state index in [0.29, 0.717) is 22.6 Å². The largest absolute Gasteiger partial charge is 0.468 e. The zero-order valence-electron chi connectivity index (χ0n) is 18.3. The summed E-state index contributed by atoms with van der Waals surface area (Å²) in [5, 5.41) is 5.14. The summed E-state index contributed by atoms with van der Waals surface area (Å²) < 4.78 is 24.2. The Labute approximate surface area is 195 Å². The third kappa shape index (κ3) is 7.56. The highest BCUT2D eigenvalue weighted by Crippen LogP contribution is 2.24. The lowest BCUT2D eigenvalue weighted by Crippen LogP contribution is -2.31. The van der Waals surface area contributed by atoms with Gasteiger partial charge in [0.1, 0.15) is 12.3 Å². The van der Waals surface area contributed by atoms with E-state index >= 15 is 0 Å².